The maximum absolute atomic E-state index is 12.6. The molecule has 2 aliphatic rings. The lowest BCUT2D eigenvalue weighted by atomic mass is 9.85. The SMILES string of the molecule is O=C(O)C1CC2CCCCC2N1C(=O)CSc1ccc(C(F)(F)F)cn1. The zero-order valence-corrected chi connectivity index (χ0v) is 14.7. The summed E-state index contributed by atoms with van der Waals surface area (Å²) in [6.45, 7) is 0. The average molecular weight is 388 g/mol. The molecule has 0 bridgehead atoms. The van der Waals surface area contributed by atoms with Gasteiger partial charge in [0.05, 0.1) is 16.3 Å². The van der Waals surface area contributed by atoms with Crippen molar-refractivity contribution < 1.29 is 27.9 Å². The second kappa shape index (κ2) is 7.46. The first-order chi connectivity index (χ1) is 12.3. The highest BCUT2D eigenvalue weighted by Gasteiger charge is 2.47. The van der Waals surface area contributed by atoms with E-state index in [2.05, 4.69) is 4.98 Å². The van der Waals surface area contributed by atoms with E-state index in [0.717, 1.165) is 49.7 Å². The van der Waals surface area contributed by atoms with Crippen molar-refractivity contribution in [3.8, 4) is 0 Å². The van der Waals surface area contributed by atoms with Crippen LogP contribution >= 0.6 is 11.8 Å². The molecule has 1 amide bonds. The molecule has 2 heterocycles. The van der Waals surface area contributed by atoms with Crippen molar-refractivity contribution in [3.05, 3.63) is 23.9 Å². The lowest BCUT2D eigenvalue weighted by Crippen LogP contribution is -2.47. The fraction of sp³-hybridized carbons (Fsp3) is 0.588. The number of hydrogen-bond acceptors (Lipinski definition) is 4. The largest absolute Gasteiger partial charge is 0.480 e. The molecule has 1 saturated heterocycles. The lowest BCUT2D eigenvalue weighted by molar-refractivity contribution is -0.148. The van der Waals surface area contributed by atoms with Crippen molar-refractivity contribution in [1.82, 2.24) is 9.88 Å². The summed E-state index contributed by atoms with van der Waals surface area (Å²) >= 11 is 1.03. The van der Waals surface area contributed by atoms with Gasteiger partial charge in [-0.2, -0.15) is 13.2 Å². The third kappa shape index (κ3) is 3.97. The van der Waals surface area contributed by atoms with Gasteiger partial charge in [-0.25, -0.2) is 9.78 Å². The molecule has 3 unspecified atom stereocenters. The van der Waals surface area contributed by atoms with Crippen LogP contribution in [0.2, 0.25) is 0 Å². The van der Waals surface area contributed by atoms with E-state index in [-0.39, 0.29) is 23.6 Å². The zero-order chi connectivity index (χ0) is 18.9. The number of nitrogens with zero attached hydrogens (tertiary/aromatic N) is 2. The molecule has 1 aromatic rings. The van der Waals surface area contributed by atoms with Crippen LogP contribution in [0.15, 0.2) is 23.4 Å². The van der Waals surface area contributed by atoms with Gasteiger partial charge in [-0.1, -0.05) is 24.6 Å². The summed E-state index contributed by atoms with van der Waals surface area (Å²) < 4.78 is 37.7. The molecule has 2 fully saturated rings. The zero-order valence-electron chi connectivity index (χ0n) is 13.9. The second-order valence-corrected chi connectivity index (χ2v) is 7.67. The minimum atomic E-state index is -4.45. The molecular weight excluding hydrogens is 369 g/mol. The number of aromatic nitrogens is 1. The van der Waals surface area contributed by atoms with E-state index in [1.54, 1.807) is 0 Å². The molecule has 0 radical (unpaired) electrons. The molecule has 5 nitrogen and oxygen atoms in total. The normalized spacial score (nSPS) is 25.8. The van der Waals surface area contributed by atoms with Crippen LogP contribution in [0, 0.1) is 5.92 Å². The number of pyridine rings is 1. The van der Waals surface area contributed by atoms with Crippen LogP contribution in [0.4, 0.5) is 13.2 Å². The van der Waals surface area contributed by atoms with Gasteiger partial charge in [-0.05, 0) is 37.3 Å². The Hall–Kier alpha value is -1.77. The maximum atomic E-state index is 12.6. The molecule has 1 aromatic heterocycles. The summed E-state index contributed by atoms with van der Waals surface area (Å²) in [5, 5.41) is 9.76. The van der Waals surface area contributed by atoms with Gasteiger partial charge in [0.1, 0.15) is 6.04 Å². The number of likely N-dealkylation sites (tertiary alicyclic amines) is 1. The van der Waals surface area contributed by atoms with Crippen molar-refractivity contribution in [2.24, 2.45) is 5.92 Å². The second-order valence-electron chi connectivity index (χ2n) is 6.67. The van der Waals surface area contributed by atoms with Crippen LogP contribution in [-0.2, 0) is 15.8 Å². The monoisotopic (exact) mass is 388 g/mol. The fourth-order valence-corrected chi connectivity index (χ4v) is 4.59. The van der Waals surface area contributed by atoms with E-state index < -0.39 is 23.8 Å². The number of carboxylic acid groups (broad SMARTS) is 1. The molecule has 9 heteroatoms. The van der Waals surface area contributed by atoms with Gasteiger partial charge in [-0.3, -0.25) is 4.79 Å². The summed E-state index contributed by atoms with van der Waals surface area (Å²) in [5.74, 6) is -1.10. The molecule has 1 aliphatic carbocycles. The highest BCUT2D eigenvalue weighted by Crippen LogP contribution is 2.40. The van der Waals surface area contributed by atoms with E-state index in [0.29, 0.717) is 11.4 Å². The van der Waals surface area contributed by atoms with E-state index >= 15 is 0 Å². The fourth-order valence-electron chi connectivity index (χ4n) is 3.88. The quantitative estimate of drug-likeness (QED) is 0.801. The molecule has 3 atom stereocenters. The highest BCUT2D eigenvalue weighted by atomic mass is 32.2. The summed E-state index contributed by atoms with van der Waals surface area (Å²) in [5.41, 5.74) is -0.844. The number of amides is 1. The number of aliphatic carboxylic acids is 1. The molecule has 0 aromatic carbocycles. The Kier molecular flexibility index (Phi) is 5.45. The Morgan fingerprint density at radius 2 is 2.00 bits per heavy atom. The van der Waals surface area contributed by atoms with Crippen molar-refractivity contribution in [2.75, 3.05) is 5.75 Å². The maximum Gasteiger partial charge on any atom is 0.417 e. The molecule has 1 aliphatic heterocycles. The minimum absolute atomic E-state index is 0.0363. The van der Waals surface area contributed by atoms with Gasteiger partial charge >= 0.3 is 12.1 Å². The highest BCUT2D eigenvalue weighted by molar-refractivity contribution is 7.99. The third-order valence-corrected chi connectivity index (χ3v) is 6.00. The van der Waals surface area contributed by atoms with Crippen LogP contribution in [0.25, 0.3) is 0 Å². The van der Waals surface area contributed by atoms with Crippen molar-refractivity contribution in [3.63, 3.8) is 0 Å². The lowest BCUT2D eigenvalue weighted by Gasteiger charge is -2.33. The predicted molar refractivity (Wildman–Crippen MR) is 88.6 cm³/mol. The molecule has 26 heavy (non-hydrogen) atoms. The minimum Gasteiger partial charge on any atom is -0.480 e. The Bertz CT molecular complexity index is 681. The summed E-state index contributed by atoms with van der Waals surface area (Å²) in [6, 6.07) is 1.30. The van der Waals surface area contributed by atoms with Crippen molar-refractivity contribution >= 4 is 23.6 Å². The first kappa shape index (κ1) is 19.0. The summed E-state index contributed by atoms with van der Waals surface area (Å²) in [4.78, 5) is 29.4. The van der Waals surface area contributed by atoms with E-state index in [1.165, 1.54) is 11.0 Å². The van der Waals surface area contributed by atoms with Crippen LogP contribution in [0.5, 0.6) is 0 Å². The standard InChI is InChI=1S/C17H19F3N2O3S/c18-17(19,20)11-5-6-14(21-8-11)26-9-15(23)22-12-4-2-1-3-10(12)7-13(22)16(24)25/h5-6,8,10,12-13H,1-4,7,9H2,(H,24,25). The molecule has 0 spiro atoms. The van der Waals surface area contributed by atoms with Gasteiger partial charge in [0.2, 0.25) is 5.91 Å². The first-order valence-electron chi connectivity index (χ1n) is 8.47. The van der Waals surface area contributed by atoms with Gasteiger partial charge in [-0.15, -0.1) is 0 Å². The van der Waals surface area contributed by atoms with Crippen LogP contribution in [-0.4, -0.2) is 44.7 Å². The van der Waals surface area contributed by atoms with Crippen LogP contribution in [0.3, 0.4) is 0 Å². The molecule has 1 N–H and O–H groups in total. The molecule has 3 rings (SSSR count). The van der Waals surface area contributed by atoms with Gasteiger partial charge in [0.15, 0.2) is 0 Å². The predicted octanol–water partition coefficient (Wildman–Crippen LogP) is 3.44. The number of carbonyl (C=O) groups excluding carboxylic acids is 1. The smallest absolute Gasteiger partial charge is 0.417 e. The van der Waals surface area contributed by atoms with Gasteiger partial charge in [0.25, 0.3) is 0 Å². The number of carboxylic acids is 1. The average Bonchev–Trinajstić information content (AvgIpc) is 2.99. The Labute approximate surface area is 153 Å². The van der Waals surface area contributed by atoms with Crippen LogP contribution < -0.4 is 0 Å². The number of hydrogen-bond donors (Lipinski definition) is 1. The Morgan fingerprint density at radius 3 is 2.62 bits per heavy atom. The number of carbonyl (C=O) groups is 2. The van der Waals surface area contributed by atoms with Gasteiger partial charge < -0.3 is 10.0 Å². The summed E-state index contributed by atoms with van der Waals surface area (Å²) in [6.07, 6.45) is 0.543. The number of rotatable bonds is 4. The molecular formula is C17H19F3N2O3S. The third-order valence-electron chi connectivity index (χ3n) is 5.07. The molecule has 1 saturated carbocycles. The number of fused-ring (bicyclic) bond motifs is 1. The Morgan fingerprint density at radius 1 is 1.27 bits per heavy atom. The van der Waals surface area contributed by atoms with E-state index in [4.69, 9.17) is 0 Å². The topological polar surface area (TPSA) is 70.5 Å². The summed E-state index contributed by atoms with van der Waals surface area (Å²) in [7, 11) is 0. The number of halogens is 3. The van der Waals surface area contributed by atoms with E-state index in [1.807, 2.05) is 0 Å². The van der Waals surface area contributed by atoms with E-state index in [9.17, 15) is 27.9 Å². The Balaban J connectivity index is 1.65. The van der Waals surface area contributed by atoms with Gasteiger partial charge in [0, 0.05) is 12.2 Å². The van der Waals surface area contributed by atoms with Crippen LogP contribution in [0.1, 0.15) is 37.7 Å². The first-order valence-corrected chi connectivity index (χ1v) is 9.46. The number of thioether (sulfide) groups is 1. The molecule has 142 valence electrons. The van der Waals surface area contributed by atoms with Crippen molar-refractivity contribution in [1.29, 1.82) is 0 Å². The van der Waals surface area contributed by atoms with Crippen molar-refractivity contribution in [2.45, 2.75) is 55.4 Å². The number of alkyl halides is 3.